The molecule has 0 aliphatic heterocycles. The molecule has 0 unspecified atom stereocenters. The molecule has 0 saturated carbocycles. The van der Waals surface area contributed by atoms with Crippen LogP contribution < -0.4 is 10.6 Å². The minimum Gasteiger partial charge on any atom is -0.462 e. The summed E-state index contributed by atoms with van der Waals surface area (Å²) in [5.74, 6) is -1.40. The van der Waals surface area contributed by atoms with Crippen molar-refractivity contribution in [3.05, 3.63) is 16.0 Å². The van der Waals surface area contributed by atoms with Crippen LogP contribution in [0.15, 0.2) is 0 Å². The van der Waals surface area contributed by atoms with E-state index in [9.17, 15) is 14.0 Å². The quantitative estimate of drug-likeness (QED) is 0.406. The lowest BCUT2D eigenvalue weighted by atomic mass is 9.95. The Balaban J connectivity index is 2.37. The molecule has 1 aliphatic carbocycles. The van der Waals surface area contributed by atoms with Crippen molar-refractivity contribution >= 4 is 63.0 Å². The second-order valence-electron chi connectivity index (χ2n) is 5.46. The molecule has 1 aliphatic rings. The van der Waals surface area contributed by atoms with Gasteiger partial charge in [-0.3, -0.25) is 4.79 Å². The summed E-state index contributed by atoms with van der Waals surface area (Å²) in [5.41, 5.74) is 1.33. The maximum Gasteiger partial charge on any atom is 0.341 e. The van der Waals surface area contributed by atoms with Crippen molar-refractivity contribution in [1.29, 1.82) is 0 Å². The summed E-state index contributed by atoms with van der Waals surface area (Å²) in [6, 6.07) is 0. The van der Waals surface area contributed by atoms with Crippen molar-refractivity contribution < 1.29 is 18.7 Å². The third-order valence-corrected chi connectivity index (χ3v) is 5.56. The van der Waals surface area contributed by atoms with E-state index in [0.29, 0.717) is 10.6 Å². The second-order valence-corrected chi connectivity index (χ2v) is 8.93. The minimum absolute atomic E-state index is 0.232. The summed E-state index contributed by atoms with van der Waals surface area (Å²) in [6.07, 6.45) is 2.42. The predicted octanol–water partition coefficient (Wildman–Crippen LogP) is 4.00. The number of halogens is 4. The number of hydrogen-bond acceptors (Lipinski definition) is 5. The molecule has 1 aromatic rings. The maximum atomic E-state index is 12.5. The molecule has 0 bridgehead atoms. The number of fused-ring (bicyclic) bond motifs is 1. The van der Waals surface area contributed by atoms with Crippen LogP contribution in [0.2, 0.25) is 0 Å². The Morgan fingerprint density at radius 3 is 2.60 bits per heavy atom. The van der Waals surface area contributed by atoms with Gasteiger partial charge in [-0.05, 0) is 38.2 Å². The van der Waals surface area contributed by atoms with E-state index < -0.39 is 28.5 Å². The highest BCUT2D eigenvalue weighted by Crippen LogP contribution is 2.40. The first kappa shape index (κ1) is 20.6. The van der Waals surface area contributed by atoms with Crippen molar-refractivity contribution in [3.8, 4) is 0 Å². The Labute approximate surface area is 164 Å². The summed E-state index contributed by atoms with van der Waals surface area (Å²) < 4.78 is 15.7. The number of aryl methyl sites for hydroxylation is 1. The van der Waals surface area contributed by atoms with Crippen LogP contribution in [0.5, 0.6) is 0 Å². The Morgan fingerprint density at radius 2 is 2.00 bits per heavy atom. The summed E-state index contributed by atoms with van der Waals surface area (Å²) in [6.45, 7) is 0.704. The molecule has 1 heterocycles. The second kappa shape index (κ2) is 8.75. The Bertz CT molecular complexity index is 649. The van der Waals surface area contributed by atoms with Gasteiger partial charge in [0.05, 0.1) is 12.2 Å². The average Bonchev–Trinajstić information content (AvgIpc) is 2.91. The number of hydrogen-bond donors (Lipinski definition) is 2. The monoisotopic (exact) mass is 430 g/mol. The Hall–Kier alpha value is -0.760. The molecule has 0 fully saturated rings. The van der Waals surface area contributed by atoms with Crippen LogP contribution >= 0.6 is 46.1 Å². The number of alkyl halides is 4. The molecule has 2 N–H and O–H groups in total. The van der Waals surface area contributed by atoms with Gasteiger partial charge in [0.15, 0.2) is 6.67 Å². The zero-order chi connectivity index (χ0) is 18.6. The first-order valence-electron chi connectivity index (χ1n) is 7.78. The van der Waals surface area contributed by atoms with Gasteiger partial charge in [-0.2, -0.15) is 0 Å². The highest BCUT2D eigenvalue weighted by Gasteiger charge is 2.36. The van der Waals surface area contributed by atoms with Gasteiger partial charge < -0.3 is 15.4 Å². The zero-order valence-electron chi connectivity index (χ0n) is 13.5. The molecule has 1 amide bonds. The number of esters is 1. The standard InChI is InChI=1S/C15H18Cl3FN2O3S/c1-2-24-13(23)11-8-5-3-4-6-9(8)25-12(11)21-14(15(16,17)18)20-10(22)7-19/h14,21H,2-7H2,1H3,(H,20,22)/t14-/m1/s1. The first-order chi connectivity index (χ1) is 11.8. The van der Waals surface area contributed by atoms with E-state index >= 15 is 0 Å². The van der Waals surface area contributed by atoms with Gasteiger partial charge in [0.2, 0.25) is 3.79 Å². The molecule has 5 nitrogen and oxygen atoms in total. The number of carbonyl (C=O) groups excluding carboxylic acids is 2. The molecule has 0 spiro atoms. The topological polar surface area (TPSA) is 67.4 Å². The van der Waals surface area contributed by atoms with Gasteiger partial charge in [-0.25, -0.2) is 9.18 Å². The molecule has 0 aromatic carbocycles. The average molecular weight is 432 g/mol. The SMILES string of the molecule is CCOC(=O)c1c(N[C@@H](NC(=O)CF)C(Cl)(Cl)Cl)sc2c1CCCC2. The summed E-state index contributed by atoms with van der Waals surface area (Å²) in [5, 5.41) is 5.59. The van der Waals surface area contributed by atoms with E-state index in [1.165, 1.54) is 11.3 Å². The molecule has 2 rings (SSSR count). The smallest absolute Gasteiger partial charge is 0.341 e. The van der Waals surface area contributed by atoms with Gasteiger partial charge in [-0.1, -0.05) is 34.8 Å². The summed E-state index contributed by atoms with van der Waals surface area (Å²) >= 11 is 19.0. The van der Waals surface area contributed by atoms with E-state index in [1.807, 2.05) is 0 Å². The number of anilines is 1. The van der Waals surface area contributed by atoms with Gasteiger partial charge >= 0.3 is 5.97 Å². The molecule has 140 valence electrons. The summed E-state index contributed by atoms with van der Waals surface area (Å²) in [4.78, 5) is 24.9. The summed E-state index contributed by atoms with van der Waals surface area (Å²) in [7, 11) is 0. The Morgan fingerprint density at radius 1 is 1.32 bits per heavy atom. The van der Waals surface area contributed by atoms with Crippen molar-refractivity contribution in [1.82, 2.24) is 5.32 Å². The van der Waals surface area contributed by atoms with Crippen LogP contribution in [0.25, 0.3) is 0 Å². The number of rotatable bonds is 6. The van der Waals surface area contributed by atoms with Crippen LogP contribution in [0.1, 0.15) is 40.6 Å². The molecular formula is C15H18Cl3FN2O3S. The van der Waals surface area contributed by atoms with E-state index in [2.05, 4.69) is 10.6 Å². The molecule has 25 heavy (non-hydrogen) atoms. The van der Waals surface area contributed by atoms with E-state index in [0.717, 1.165) is 36.1 Å². The molecule has 1 aromatic heterocycles. The van der Waals surface area contributed by atoms with Crippen LogP contribution in [0.3, 0.4) is 0 Å². The molecule has 10 heteroatoms. The third-order valence-electron chi connectivity index (χ3n) is 3.68. The largest absolute Gasteiger partial charge is 0.462 e. The van der Waals surface area contributed by atoms with Crippen molar-refractivity contribution in [2.24, 2.45) is 0 Å². The van der Waals surface area contributed by atoms with Crippen molar-refractivity contribution in [2.45, 2.75) is 42.6 Å². The van der Waals surface area contributed by atoms with Gasteiger partial charge in [-0.15, -0.1) is 11.3 Å². The minimum atomic E-state index is -1.94. The first-order valence-corrected chi connectivity index (χ1v) is 9.73. The molecular weight excluding hydrogens is 414 g/mol. The third kappa shape index (κ3) is 5.12. The van der Waals surface area contributed by atoms with Crippen molar-refractivity contribution in [3.63, 3.8) is 0 Å². The number of thiophene rings is 1. The zero-order valence-corrected chi connectivity index (χ0v) is 16.5. The van der Waals surface area contributed by atoms with Crippen LogP contribution in [-0.4, -0.2) is 35.1 Å². The lowest BCUT2D eigenvalue weighted by molar-refractivity contribution is -0.122. The lowest BCUT2D eigenvalue weighted by Gasteiger charge is -2.26. The molecule has 1 atom stereocenters. The van der Waals surface area contributed by atoms with Crippen molar-refractivity contribution in [2.75, 3.05) is 18.6 Å². The van der Waals surface area contributed by atoms with Gasteiger partial charge in [0.1, 0.15) is 11.2 Å². The Kier molecular flexibility index (Phi) is 7.19. The number of ether oxygens (including phenoxy) is 1. The highest BCUT2D eigenvalue weighted by atomic mass is 35.6. The van der Waals surface area contributed by atoms with Gasteiger partial charge in [0.25, 0.3) is 5.91 Å². The number of amides is 1. The van der Waals surface area contributed by atoms with E-state index in [4.69, 9.17) is 39.5 Å². The number of carbonyl (C=O) groups is 2. The van der Waals surface area contributed by atoms with E-state index in [-0.39, 0.29) is 6.61 Å². The lowest BCUT2D eigenvalue weighted by Crippen LogP contribution is -2.49. The fourth-order valence-electron chi connectivity index (χ4n) is 2.62. The normalized spacial score (nSPS) is 15.2. The van der Waals surface area contributed by atoms with Crippen LogP contribution in [0.4, 0.5) is 9.39 Å². The van der Waals surface area contributed by atoms with Crippen LogP contribution in [-0.2, 0) is 22.4 Å². The number of nitrogens with one attached hydrogen (secondary N) is 2. The molecule has 0 saturated heterocycles. The molecule has 0 radical (unpaired) electrons. The fraction of sp³-hybridized carbons (Fsp3) is 0.600. The maximum absolute atomic E-state index is 12.5. The van der Waals surface area contributed by atoms with Gasteiger partial charge in [0, 0.05) is 4.88 Å². The van der Waals surface area contributed by atoms with E-state index in [1.54, 1.807) is 6.92 Å². The fourth-order valence-corrected chi connectivity index (χ4v) is 4.25. The van der Waals surface area contributed by atoms with Crippen LogP contribution in [0, 0.1) is 0 Å². The highest BCUT2D eigenvalue weighted by molar-refractivity contribution is 7.16. The predicted molar refractivity (Wildman–Crippen MR) is 98.7 cm³/mol.